The average molecular weight is 455 g/mol. The van der Waals surface area contributed by atoms with Gasteiger partial charge in [-0.2, -0.15) is 0 Å². The Morgan fingerprint density at radius 2 is 1.88 bits per heavy atom. The van der Waals surface area contributed by atoms with Gasteiger partial charge in [0.1, 0.15) is 18.3 Å². The van der Waals surface area contributed by atoms with E-state index in [1.165, 1.54) is 10.9 Å². The number of aliphatic hydroxyl groups is 1. The smallest absolute Gasteiger partial charge is 0.407 e. The number of ether oxygens (including phenoxy) is 1. The van der Waals surface area contributed by atoms with Crippen molar-refractivity contribution >= 4 is 17.3 Å². The van der Waals surface area contributed by atoms with Crippen LogP contribution < -0.4 is 16.2 Å². The molecule has 0 aliphatic carbocycles. The van der Waals surface area contributed by atoms with Crippen molar-refractivity contribution in [3.05, 3.63) is 52.8 Å². The lowest BCUT2D eigenvalue weighted by Gasteiger charge is -2.32. The van der Waals surface area contributed by atoms with E-state index in [9.17, 15) is 14.7 Å². The number of fused-ring (bicyclic) bond motifs is 1. The molecule has 0 radical (unpaired) electrons. The molecule has 1 fully saturated rings. The Morgan fingerprint density at radius 3 is 2.55 bits per heavy atom. The fraction of sp³-hybridized carbons (Fsp3) is 0.478. The van der Waals surface area contributed by atoms with Crippen molar-refractivity contribution in [3.63, 3.8) is 0 Å². The number of hydrogen-bond donors (Lipinski definition) is 3. The Kier molecular flexibility index (Phi) is 6.22. The Labute approximate surface area is 191 Å². The van der Waals surface area contributed by atoms with Crippen LogP contribution in [-0.2, 0) is 17.8 Å². The third-order valence-corrected chi connectivity index (χ3v) is 5.57. The van der Waals surface area contributed by atoms with Gasteiger partial charge in [-0.05, 0) is 64.4 Å². The zero-order valence-corrected chi connectivity index (χ0v) is 19.2. The molecule has 3 N–H and O–H groups in total. The molecule has 0 unspecified atom stereocenters. The van der Waals surface area contributed by atoms with Crippen LogP contribution in [0, 0.1) is 0 Å². The summed E-state index contributed by atoms with van der Waals surface area (Å²) in [6.45, 7) is 7.42. The molecule has 1 aromatic carbocycles. The molecule has 3 aromatic rings. The number of aromatic nitrogens is 4. The molecule has 0 spiro atoms. The molecule has 33 heavy (non-hydrogen) atoms. The highest BCUT2D eigenvalue weighted by atomic mass is 16.6. The molecule has 10 heteroatoms. The Balaban J connectivity index is 1.49. The van der Waals surface area contributed by atoms with Crippen molar-refractivity contribution in [1.82, 2.24) is 29.7 Å². The molecular formula is C23H30N6O4. The first-order chi connectivity index (χ1) is 15.6. The van der Waals surface area contributed by atoms with Gasteiger partial charge in [0, 0.05) is 12.2 Å². The summed E-state index contributed by atoms with van der Waals surface area (Å²) in [4.78, 5) is 33.5. The molecule has 0 saturated carbocycles. The normalized spacial score (nSPS) is 16.0. The van der Waals surface area contributed by atoms with Crippen LogP contribution in [0.15, 0.2) is 41.7 Å². The van der Waals surface area contributed by atoms with E-state index in [0.717, 1.165) is 24.3 Å². The number of nitrogens with one attached hydrogen (secondary N) is 2. The predicted octanol–water partition coefficient (Wildman–Crippen LogP) is 1.72. The van der Waals surface area contributed by atoms with Gasteiger partial charge >= 0.3 is 6.09 Å². The molecule has 0 atom stereocenters. The number of piperidine rings is 1. The van der Waals surface area contributed by atoms with Crippen molar-refractivity contribution in [2.75, 3.05) is 13.1 Å². The SMILES string of the molecule is CC(C)(C)OC(=O)NCc1ccc(-n2cnc3c(=O)n(CC4(O)CCNCC4)cnc32)cc1. The highest BCUT2D eigenvalue weighted by molar-refractivity contribution is 5.71. The molecule has 1 aliphatic heterocycles. The summed E-state index contributed by atoms with van der Waals surface area (Å²) in [6, 6.07) is 7.51. The minimum absolute atomic E-state index is 0.197. The quantitative estimate of drug-likeness (QED) is 0.536. The maximum Gasteiger partial charge on any atom is 0.407 e. The van der Waals surface area contributed by atoms with Gasteiger partial charge in [0.2, 0.25) is 0 Å². The Hall–Kier alpha value is -3.24. The van der Waals surface area contributed by atoms with Gasteiger partial charge in [0.05, 0.1) is 12.1 Å². The lowest BCUT2D eigenvalue weighted by Crippen LogP contribution is -2.46. The summed E-state index contributed by atoms with van der Waals surface area (Å²) >= 11 is 0. The second-order valence-electron chi connectivity index (χ2n) is 9.46. The first-order valence-electron chi connectivity index (χ1n) is 11.1. The Morgan fingerprint density at radius 1 is 1.18 bits per heavy atom. The number of nitrogens with zero attached hydrogens (tertiary/aromatic N) is 4. The molecular weight excluding hydrogens is 424 g/mol. The summed E-state index contributed by atoms with van der Waals surface area (Å²) in [5.41, 5.74) is 0.659. The van der Waals surface area contributed by atoms with Gasteiger partial charge in [0.15, 0.2) is 11.2 Å². The van der Waals surface area contributed by atoms with Crippen LogP contribution in [0.5, 0.6) is 0 Å². The van der Waals surface area contributed by atoms with E-state index in [2.05, 4.69) is 20.6 Å². The number of rotatable bonds is 5. The number of carbonyl (C=O) groups is 1. The van der Waals surface area contributed by atoms with E-state index < -0.39 is 17.3 Å². The van der Waals surface area contributed by atoms with Gasteiger partial charge in [-0.3, -0.25) is 13.9 Å². The van der Waals surface area contributed by atoms with E-state index in [4.69, 9.17) is 4.74 Å². The van der Waals surface area contributed by atoms with Gasteiger partial charge < -0.3 is 20.5 Å². The van der Waals surface area contributed by atoms with Crippen molar-refractivity contribution in [2.24, 2.45) is 0 Å². The molecule has 1 amide bonds. The maximum absolute atomic E-state index is 13.0. The van der Waals surface area contributed by atoms with Crippen LogP contribution in [0.4, 0.5) is 4.79 Å². The van der Waals surface area contributed by atoms with Crippen molar-refractivity contribution in [3.8, 4) is 5.69 Å². The van der Waals surface area contributed by atoms with Crippen LogP contribution in [0.2, 0.25) is 0 Å². The summed E-state index contributed by atoms with van der Waals surface area (Å²) in [7, 11) is 0. The van der Waals surface area contributed by atoms with Crippen LogP contribution in [0.25, 0.3) is 16.9 Å². The highest BCUT2D eigenvalue weighted by Gasteiger charge is 2.30. The van der Waals surface area contributed by atoms with E-state index in [-0.39, 0.29) is 17.6 Å². The van der Waals surface area contributed by atoms with Crippen LogP contribution >= 0.6 is 0 Å². The molecule has 4 rings (SSSR count). The summed E-state index contributed by atoms with van der Waals surface area (Å²) in [5, 5.41) is 16.7. The first kappa shape index (κ1) is 22.9. The second-order valence-corrected chi connectivity index (χ2v) is 9.46. The number of benzene rings is 1. The largest absolute Gasteiger partial charge is 0.444 e. The van der Waals surface area contributed by atoms with Crippen molar-refractivity contribution in [1.29, 1.82) is 0 Å². The van der Waals surface area contributed by atoms with Gasteiger partial charge in [-0.1, -0.05) is 12.1 Å². The summed E-state index contributed by atoms with van der Waals surface area (Å²) in [5.74, 6) is 0. The standard InChI is InChI=1S/C23H30N6O4/c1-22(2,3)33-21(31)25-12-16-4-6-17(7-5-16)29-15-26-18-19(29)27-14-28(20(18)30)13-23(32)8-10-24-11-9-23/h4-7,14-15,24,32H,8-13H2,1-3H3,(H,25,31). The van der Waals surface area contributed by atoms with Crippen molar-refractivity contribution in [2.45, 2.75) is 57.9 Å². The van der Waals surface area contributed by atoms with Gasteiger partial charge in [-0.15, -0.1) is 0 Å². The second kappa shape index (κ2) is 8.95. The fourth-order valence-corrected chi connectivity index (χ4v) is 3.86. The molecule has 176 valence electrons. The molecule has 3 heterocycles. The van der Waals surface area contributed by atoms with E-state index in [1.54, 1.807) is 10.9 Å². The molecule has 10 nitrogen and oxygen atoms in total. The number of hydrogen-bond acceptors (Lipinski definition) is 7. The predicted molar refractivity (Wildman–Crippen MR) is 123 cm³/mol. The Bertz CT molecular complexity index is 1190. The van der Waals surface area contributed by atoms with Crippen LogP contribution in [0.3, 0.4) is 0 Å². The third kappa shape index (κ3) is 5.40. The van der Waals surface area contributed by atoms with Crippen LogP contribution in [-0.4, -0.2) is 54.6 Å². The first-order valence-corrected chi connectivity index (χ1v) is 11.1. The maximum atomic E-state index is 13.0. The number of amides is 1. The van der Waals surface area contributed by atoms with Gasteiger partial charge in [0.25, 0.3) is 5.56 Å². The zero-order chi connectivity index (χ0) is 23.6. The third-order valence-electron chi connectivity index (χ3n) is 5.57. The van der Waals surface area contributed by atoms with Crippen molar-refractivity contribution < 1.29 is 14.6 Å². The van der Waals surface area contributed by atoms with Crippen LogP contribution in [0.1, 0.15) is 39.2 Å². The van der Waals surface area contributed by atoms with E-state index in [1.807, 2.05) is 45.0 Å². The minimum Gasteiger partial charge on any atom is -0.444 e. The molecule has 1 aliphatic rings. The summed E-state index contributed by atoms with van der Waals surface area (Å²) in [6.07, 6.45) is 3.74. The number of alkyl carbamates (subject to hydrolysis) is 1. The fourth-order valence-electron chi connectivity index (χ4n) is 3.86. The molecule has 1 saturated heterocycles. The monoisotopic (exact) mass is 454 g/mol. The zero-order valence-electron chi connectivity index (χ0n) is 19.2. The lowest BCUT2D eigenvalue weighted by atomic mass is 9.92. The van der Waals surface area contributed by atoms with Gasteiger partial charge in [-0.25, -0.2) is 14.8 Å². The molecule has 2 aromatic heterocycles. The summed E-state index contributed by atoms with van der Waals surface area (Å²) < 4.78 is 8.43. The topological polar surface area (TPSA) is 123 Å². The molecule has 0 bridgehead atoms. The van der Waals surface area contributed by atoms with E-state index in [0.29, 0.717) is 25.0 Å². The van der Waals surface area contributed by atoms with E-state index >= 15 is 0 Å². The number of carbonyl (C=O) groups excluding carboxylic acids is 1. The number of imidazole rings is 1. The average Bonchev–Trinajstić information content (AvgIpc) is 3.19. The minimum atomic E-state index is -0.920. The highest BCUT2D eigenvalue weighted by Crippen LogP contribution is 2.20. The lowest BCUT2D eigenvalue weighted by molar-refractivity contribution is -0.00629.